The van der Waals surface area contributed by atoms with E-state index in [9.17, 15) is 0 Å². The lowest BCUT2D eigenvalue weighted by Crippen LogP contribution is -2.28. The van der Waals surface area contributed by atoms with Crippen molar-refractivity contribution in [3.05, 3.63) is 28.8 Å². The van der Waals surface area contributed by atoms with E-state index in [4.69, 9.17) is 4.74 Å². The molecule has 2 heteroatoms. The van der Waals surface area contributed by atoms with Gasteiger partial charge in [-0.1, -0.05) is 31.7 Å². The normalized spacial score (nSPS) is 17.2. The van der Waals surface area contributed by atoms with E-state index in [1.165, 1.54) is 55.2 Å². The molecule has 1 N–H and O–H groups in total. The van der Waals surface area contributed by atoms with Crippen molar-refractivity contribution in [1.82, 2.24) is 5.32 Å². The summed E-state index contributed by atoms with van der Waals surface area (Å²) >= 11 is 0. The summed E-state index contributed by atoms with van der Waals surface area (Å²) < 4.78 is 5.37. The zero-order chi connectivity index (χ0) is 13.7. The molecule has 106 valence electrons. The third-order valence-corrected chi connectivity index (χ3v) is 4.29. The second-order valence-corrected chi connectivity index (χ2v) is 5.82. The molecular formula is C17H27NO. The Morgan fingerprint density at radius 3 is 2.37 bits per heavy atom. The van der Waals surface area contributed by atoms with Crippen molar-refractivity contribution < 1.29 is 4.74 Å². The van der Waals surface area contributed by atoms with Gasteiger partial charge in [-0.25, -0.2) is 0 Å². The van der Waals surface area contributed by atoms with Crippen LogP contribution in [0.3, 0.4) is 0 Å². The van der Waals surface area contributed by atoms with Crippen LogP contribution in [0.5, 0.6) is 5.75 Å². The molecule has 0 heterocycles. The zero-order valence-electron chi connectivity index (χ0n) is 12.6. The molecule has 1 aromatic carbocycles. The van der Waals surface area contributed by atoms with Gasteiger partial charge in [-0.3, -0.25) is 0 Å². The van der Waals surface area contributed by atoms with Crippen LogP contribution in [0.1, 0.15) is 55.2 Å². The molecule has 0 unspecified atom stereocenters. The predicted molar refractivity (Wildman–Crippen MR) is 80.8 cm³/mol. The first kappa shape index (κ1) is 14.4. The largest absolute Gasteiger partial charge is 0.496 e. The Morgan fingerprint density at radius 2 is 1.74 bits per heavy atom. The highest BCUT2D eigenvalue weighted by Crippen LogP contribution is 2.23. The van der Waals surface area contributed by atoms with Gasteiger partial charge in [0.25, 0.3) is 0 Å². The average molecular weight is 261 g/mol. The van der Waals surface area contributed by atoms with E-state index in [-0.39, 0.29) is 0 Å². The fraction of sp³-hybridized carbons (Fsp3) is 0.647. The van der Waals surface area contributed by atoms with Crippen molar-refractivity contribution in [2.24, 2.45) is 0 Å². The van der Waals surface area contributed by atoms with E-state index in [2.05, 4.69) is 31.3 Å². The SMILES string of the molecule is COc1cc(C)c(CNC2CCCCCC2)cc1C. The Morgan fingerprint density at radius 1 is 1.05 bits per heavy atom. The summed E-state index contributed by atoms with van der Waals surface area (Å²) in [6.45, 7) is 5.28. The number of rotatable bonds is 4. The maximum Gasteiger partial charge on any atom is 0.122 e. The minimum absolute atomic E-state index is 0.712. The van der Waals surface area contributed by atoms with Crippen molar-refractivity contribution in [3.8, 4) is 5.75 Å². The first-order valence-electron chi connectivity index (χ1n) is 7.58. The van der Waals surface area contributed by atoms with Crippen LogP contribution in [0.2, 0.25) is 0 Å². The molecule has 0 aromatic heterocycles. The standard InChI is InChI=1S/C17H27NO/c1-13-11-17(19-3)14(2)10-15(13)12-18-16-8-6-4-5-7-9-16/h10-11,16,18H,4-9,12H2,1-3H3. The molecule has 0 aliphatic heterocycles. The monoisotopic (exact) mass is 261 g/mol. The van der Waals surface area contributed by atoms with Crippen molar-refractivity contribution in [1.29, 1.82) is 0 Å². The lowest BCUT2D eigenvalue weighted by molar-refractivity contribution is 0.410. The van der Waals surface area contributed by atoms with Gasteiger partial charge in [-0.2, -0.15) is 0 Å². The third-order valence-electron chi connectivity index (χ3n) is 4.29. The molecule has 19 heavy (non-hydrogen) atoms. The van der Waals surface area contributed by atoms with E-state index in [0.717, 1.165) is 12.3 Å². The summed E-state index contributed by atoms with van der Waals surface area (Å²) in [7, 11) is 1.74. The smallest absolute Gasteiger partial charge is 0.122 e. The summed E-state index contributed by atoms with van der Waals surface area (Å²) in [4.78, 5) is 0. The highest BCUT2D eigenvalue weighted by molar-refractivity contribution is 5.41. The van der Waals surface area contributed by atoms with Gasteiger partial charge in [-0.05, 0) is 49.4 Å². The molecular weight excluding hydrogens is 234 g/mol. The van der Waals surface area contributed by atoms with E-state index in [1.54, 1.807) is 7.11 Å². The summed E-state index contributed by atoms with van der Waals surface area (Å²) in [5.74, 6) is 0.996. The summed E-state index contributed by atoms with van der Waals surface area (Å²) in [6, 6.07) is 5.13. The zero-order valence-corrected chi connectivity index (χ0v) is 12.6. The van der Waals surface area contributed by atoms with Gasteiger partial charge in [0.2, 0.25) is 0 Å². The molecule has 2 nitrogen and oxygen atoms in total. The van der Waals surface area contributed by atoms with E-state index in [0.29, 0.717) is 6.04 Å². The van der Waals surface area contributed by atoms with Crippen LogP contribution in [-0.2, 0) is 6.54 Å². The van der Waals surface area contributed by atoms with Gasteiger partial charge in [0.15, 0.2) is 0 Å². The average Bonchev–Trinajstić information content (AvgIpc) is 2.68. The Balaban J connectivity index is 1.96. The first-order chi connectivity index (χ1) is 9.20. The van der Waals surface area contributed by atoms with Crippen LogP contribution in [0, 0.1) is 13.8 Å². The van der Waals surface area contributed by atoms with Crippen LogP contribution >= 0.6 is 0 Å². The quantitative estimate of drug-likeness (QED) is 0.823. The minimum atomic E-state index is 0.712. The van der Waals surface area contributed by atoms with Crippen LogP contribution in [0.15, 0.2) is 12.1 Å². The summed E-state index contributed by atoms with van der Waals surface area (Å²) in [6.07, 6.45) is 8.29. The van der Waals surface area contributed by atoms with Crippen LogP contribution in [-0.4, -0.2) is 13.2 Å². The molecule has 1 saturated carbocycles. The van der Waals surface area contributed by atoms with Gasteiger partial charge >= 0.3 is 0 Å². The Kier molecular flexibility index (Phi) is 5.26. The number of benzene rings is 1. The second-order valence-electron chi connectivity index (χ2n) is 5.82. The molecule has 0 amide bonds. The van der Waals surface area contributed by atoms with Gasteiger partial charge in [0.05, 0.1) is 7.11 Å². The molecule has 0 atom stereocenters. The van der Waals surface area contributed by atoms with Gasteiger partial charge in [0, 0.05) is 12.6 Å². The molecule has 0 spiro atoms. The van der Waals surface area contributed by atoms with Crippen molar-refractivity contribution >= 4 is 0 Å². The van der Waals surface area contributed by atoms with Crippen LogP contribution in [0.25, 0.3) is 0 Å². The van der Waals surface area contributed by atoms with Crippen LogP contribution in [0.4, 0.5) is 0 Å². The van der Waals surface area contributed by atoms with Crippen molar-refractivity contribution in [2.45, 2.75) is 65.0 Å². The summed E-state index contributed by atoms with van der Waals surface area (Å²) in [5, 5.41) is 3.74. The maximum absolute atomic E-state index is 5.37. The van der Waals surface area contributed by atoms with Crippen molar-refractivity contribution in [2.75, 3.05) is 7.11 Å². The predicted octanol–water partition coefficient (Wildman–Crippen LogP) is 4.12. The molecule has 0 radical (unpaired) electrons. The van der Waals surface area contributed by atoms with E-state index >= 15 is 0 Å². The molecule has 0 bridgehead atoms. The van der Waals surface area contributed by atoms with Crippen LogP contribution < -0.4 is 10.1 Å². The fourth-order valence-electron chi connectivity index (χ4n) is 3.00. The minimum Gasteiger partial charge on any atom is -0.496 e. The Bertz CT molecular complexity index is 406. The molecule has 1 fully saturated rings. The van der Waals surface area contributed by atoms with E-state index < -0.39 is 0 Å². The molecule has 1 aromatic rings. The van der Waals surface area contributed by atoms with Gasteiger partial charge < -0.3 is 10.1 Å². The second kappa shape index (κ2) is 6.95. The number of nitrogens with one attached hydrogen (secondary N) is 1. The lowest BCUT2D eigenvalue weighted by Gasteiger charge is -2.18. The fourth-order valence-corrected chi connectivity index (χ4v) is 3.00. The highest BCUT2D eigenvalue weighted by Gasteiger charge is 2.12. The van der Waals surface area contributed by atoms with Gasteiger partial charge in [-0.15, -0.1) is 0 Å². The van der Waals surface area contributed by atoms with Gasteiger partial charge in [0.1, 0.15) is 5.75 Å². The number of hydrogen-bond acceptors (Lipinski definition) is 2. The Hall–Kier alpha value is -1.02. The van der Waals surface area contributed by atoms with E-state index in [1.807, 2.05) is 0 Å². The molecule has 0 saturated heterocycles. The van der Waals surface area contributed by atoms with Crippen molar-refractivity contribution in [3.63, 3.8) is 0 Å². The number of hydrogen-bond donors (Lipinski definition) is 1. The number of ether oxygens (including phenoxy) is 1. The number of methoxy groups -OCH3 is 1. The first-order valence-corrected chi connectivity index (χ1v) is 7.58. The summed E-state index contributed by atoms with van der Waals surface area (Å²) in [5.41, 5.74) is 3.96. The molecule has 2 rings (SSSR count). The molecule has 1 aliphatic rings. The maximum atomic E-state index is 5.37. The molecule has 1 aliphatic carbocycles. The highest BCUT2D eigenvalue weighted by atomic mass is 16.5. The lowest BCUT2D eigenvalue weighted by atomic mass is 10.0. The number of aryl methyl sites for hydroxylation is 2. The Labute approximate surface area is 117 Å². The topological polar surface area (TPSA) is 21.3 Å². The third kappa shape index (κ3) is 3.97.